The van der Waals surface area contributed by atoms with Crippen molar-refractivity contribution >= 4 is 6.09 Å². The van der Waals surface area contributed by atoms with Crippen LogP contribution in [0.15, 0.2) is 29.7 Å². The van der Waals surface area contributed by atoms with E-state index in [-0.39, 0.29) is 40.4 Å². The van der Waals surface area contributed by atoms with Crippen molar-refractivity contribution in [3.05, 3.63) is 57.6 Å². The smallest absolute Gasteiger partial charge is 0.416 e. The molecule has 0 saturated heterocycles. The number of nitriles is 1. The molecule has 11 heteroatoms. The molecule has 1 atom stereocenters. The van der Waals surface area contributed by atoms with Crippen molar-refractivity contribution in [1.29, 1.82) is 5.26 Å². The molecule has 0 spiro atoms. The van der Waals surface area contributed by atoms with Crippen molar-refractivity contribution in [2.45, 2.75) is 77.6 Å². The van der Waals surface area contributed by atoms with Crippen LogP contribution in [0.1, 0.15) is 75.4 Å². The van der Waals surface area contributed by atoms with Crippen LogP contribution in [0.3, 0.4) is 0 Å². The Morgan fingerprint density at radius 1 is 1.27 bits per heavy atom. The first kappa shape index (κ1) is 28.9. The summed E-state index contributed by atoms with van der Waals surface area (Å²) in [4.78, 5) is 12.0. The number of hydrogen-bond acceptors (Lipinski definition) is 6. The zero-order valence-corrected chi connectivity index (χ0v) is 23.2. The van der Waals surface area contributed by atoms with Gasteiger partial charge in [0.1, 0.15) is 17.2 Å². The third-order valence-corrected chi connectivity index (χ3v) is 7.13. The van der Waals surface area contributed by atoms with Crippen molar-refractivity contribution in [1.82, 2.24) is 15.5 Å². The molecule has 1 unspecified atom stereocenters. The van der Waals surface area contributed by atoms with Gasteiger partial charge in [0.25, 0.3) is 0 Å². The highest BCUT2D eigenvalue weighted by Crippen LogP contribution is 2.53. The molecular formula is C29H32F3N5O3. The Balaban J connectivity index is 1.73. The molecule has 1 aliphatic heterocycles. The van der Waals surface area contributed by atoms with Gasteiger partial charge in [-0.05, 0) is 70.2 Å². The fourth-order valence-corrected chi connectivity index (χ4v) is 5.37. The van der Waals surface area contributed by atoms with Crippen LogP contribution in [-0.2, 0) is 16.3 Å². The van der Waals surface area contributed by atoms with E-state index in [1.807, 2.05) is 13.8 Å². The van der Waals surface area contributed by atoms with E-state index in [0.717, 1.165) is 12.1 Å². The fourth-order valence-electron chi connectivity index (χ4n) is 5.37. The van der Waals surface area contributed by atoms with Crippen LogP contribution < -0.4 is 15.8 Å². The molecule has 0 bridgehead atoms. The molecule has 212 valence electrons. The van der Waals surface area contributed by atoms with Gasteiger partial charge >= 0.3 is 12.3 Å². The number of amides is 1. The molecule has 1 aromatic heterocycles. The Morgan fingerprint density at radius 3 is 2.52 bits per heavy atom. The highest BCUT2D eigenvalue weighted by atomic mass is 19.4. The van der Waals surface area contributed by atoms with Gasteiger partial charge in [-0.3, -0.25) is 5.10 Å². The van der Waals surface area contributed by atoms with Crippen molar-refractivity contribution < 1.29 is 27.4 Å². The van der Waals surface area contributed by atoms with Gasteiger partial charge in [0.15, 0.2) is 0 Å². The lowest BCUT2D eigenvalue weighted by atomic mass is 9.61. The quantitative estimate of drug-likeness (QED) is 0.434. The number of hydrogen-bond donors (Lipinski definition) is 3. The second-order valence-corrected chi connectivity index (χ2v) is 11.5. The van der Waals surface area contributed by atoms with Gasteiger partial charge in [0.2, 0.25) is 11.8 Å². The number of nitrogens with one attached hydrogen (secondary N) is 2. The van der Waals surface area contributed by atoms with Crippen LogP contribution in [0, 0.1) is 41.9 Å². The Kier molecular flexibility index (Phi) is 7.31. The first-order chi connectivity index (χ1) is 18.6. The maximum Gasteiger partial charge on any atom is 0.416 e. The maximum atomic E-state index is 14.1. The van der Waals surface area contributed by atoms with E-state index in [9.17, 15) is 23.2 Å². The fraction of sp³-hybridized carbons (Fsp3) is 0.483. The number of rotatable bonds is 3. The van der Waals surface area contributed by atoms with Gasteiger partial charge in [-0.1, -0.05) is 25.7 Å². The van der Waals surface area contributed by atoms with Gasteiger partial charge in [0, 0.05) is 23.2 Å². The number of aromatic amines is 1. The van der Waals surface area contributed by atoms with E-state index in [1.165, 1.54) is 0 Å². The maximum absolute atomic E-state index is 14.1. The summed E-state index contributed by atoms with van der Waals surface area (Å²) in [6, 6.07) is 5.59. The van der Waals surface area contributed by atoms with Crippen molar-refractivity contribution in [2.24, 2.45) is 17.6 Å². The predicted octanol–water partition coefficient (Wildman–Crippen LogP) is 5.42. The Labute approximate surface area is 231 Å². The first-order valence-electron chi connectivity index (χ1n) is 12.9. The van der Waals surface area contributed by atoms with Gasteiger partial charge < -0.3 is 20.5 Å². The molecule has 2 aromatic rings. The standard InChI is InChI=1S/C29H32F3N5O3/c1-15(2)28(22(14-33)24(34)39-25-23(28)16(3)36-37-25)19-9-17(10-20(13-19)29(30,31)32)7-8-18-11-21(12-18)35-26(38)40-27(4,5)6/h9-10,13,15,18,21H,11-12,34H2,1-6H3,(H,35,38)(H,36,37). The molecule has 4 N–H and O–H groups in total. The predicted molar refractivity (Wildman–Crippen MR) is 141 cm³/mol. The van der Waals surface area contributed by atoms with Crippen LogP contribution in [0.2, 0.25) is 0 Å². The molecule has 2 aliphatic rings. The van der Waals surface area contributed by atoms with Gasteiger partial charge in [0.05, 0.1) is 16.5 Å². The average Bonchev–Trinajstić information content (AvgIpc) is 3.17. The highest BCUT2D eigenvalue weighted by molar-refractivity contribution is 5.68. The van der Waals surface area contributed by atoms with Gasteiger partial charge in [-0.25, -0.2) is 4.79 Å². The molecule has 1 fully saturated rings. The number of alkyl halides is 3. The zero-order valence-electron chi connectivity index (χ0n) is 23.2. The number of nitrogens with zero attached hydrogens (tertiary/aromatic N) is 2. The average molecular weight is 556 g/mol. The van der Waals surface area contributed by atoms with E-state index < -0.39 is 34.8 Å². The number of fused-ring (bicyclic) bond motifs is 1. The van der Waals surface area contributed by atoms with E-state index in [4.69, 9.17) is 15.2 Å². The Morgan fingerprint density at radius 2 is 1.95 bits per heavy atom. The topological polar surface area (TPSA) is 126 Å². The number of aromatic nitrogens is 2. The van der Waals surface area contributed by atoms with E-state index in [0.29, 0.717) is 24.1 Å². The summed E-state index contributed by atoms with van der Waals surface area (Å²) in [5.74, 6) is 5.34. The van der Waals surface area contributed by atoms with E-state index >= 15 is 0 Å². The Hall–Kier alpha value is -4.12. The van der Waals surface area contributed by atoms with Crippen LogP contribution in [-0.4, -0.2) is 27.9 Å². The number of halogens is 3. The highest BCUT2D eigenvalue weighted by Gasteiger charge is 2.51. The lowest BCUT2D eigenvalue weighted by Gasteiger charge is -2.41. The molecular weight excluding hydrogens is 523 g/mol. The lowest BCUT2D eigenvalue weighted by molar-refractivity contribution is -0.137. The molecule has 2 heterocycles. The number of alkyl carbamates (subject to hydrolysis) is 1. The third-order valence-electron chi connectivity index (χ3n) is 7.13. The van der Waals surface area contributed by atoms with Crippen LogP contribution in [0.25, 0.3) is 0 Å². The second-order valence-electron chi connectivity index (χ2n) is 11.5. The minimum Gasteiger partial charge on any atom is -0.444 e. The summed E-state index contributed by atoms with van der Waals surface area (Å²) < 4.78 is 53.2. The number of carbonyl (C=O) groups is 1. The summed E-state index contributed by atoms with van der Waals surface area (Å²) in [6.07, 6.45) is -4.07. The number of ether oxygens (including phenoxy) is 2. The van der Waals surface area contributed by atoms with Crippen LogP contribution in [0.4, 0.5) is 18.0 Å². The van der Waals surface area contributed by atoms with Crippen molar-refractivity contribution in [2.75, 3.05) is 0 Å². The summed E-state index contributed by atoms with van der Waals surface area (Å²) in [6.45, 7) is 10.6. The summed E-state index contributed by atoms with van der Waals surface area (Å²) >= 11 is 0. The van der Waals surface area contributed by atoms with Crippen LogP contribution in [0.5, 0.6) is 5.88 Å². The number of aryl methyl sites for hydroxylation is 1. The number of H-pyrrole nitrogens is 1. The number of nitrogens with two attached hydrogens (primary N) is 1. The SMILES string of the molecule is Cc1[nH]nc2c1C(c1cc(C#CC3CC(NC(=O)OC(C)(C)C)C3)cc(C(F)(F)F)c1)(C(C)C)C(C#N)=C(N)O2. The zero-order chi connectivity index (χ0) is 29.6. The van der Waals surface area contributed by atoms with Gasteiger partial charge in [-0.15, -0.1) is 5.10 Å². The third kappa shape index (κ3) is 5.33. The molecule has 1 amide bonds. The summed E-state index contributed by atoms with van der Waals surface area (Å²) in [5.41, 5.74) is 4.64. The van der Waals surface area contributed by atoms with Crippen LogP contribution >= 0.6 is 0 Å². The number of allylic oxidation sites excluding steroid dienone is 1. The van der Waals surface area contributed by atoms with Gasteiger partial charge in [-0.2, -0.15) is 18.4 Å². The first-order valence-corrected chi connectivity index (χ1v) is 12.9. The lowest BCUT2D eigenvalue weighted by Crippen LogP contribution is -2.45. The summed E-state index contributed by atoms with van der Waals surface area (Å²) in [7, 11) is 0. The molecule has 1 aliphatic carbocycles. The monoisotopic (exact) mass is 555 g/mol. The van der Waals surface area contributed by atoms with Crippen molar-refractivity contribution in [3.8, 4) is 23.8 Å². The normalized spacial score (nSPS) is 22.3. The van der Waals surface area contributed by atoms with Crippen molar-refractivity contribution in [3.63, 3.8) is 0 Å². The van der Waals surface area contributed by atoms with E-state index in [2.05, 4.69) is 33.4 Å². The summed E-state index contributed by atoms with van der Waals surface area (Å²) in [5, 5.41) is 19.9. The minimum atomic E-state index is -4.66. The molecule has 1 saturated carbocycles. The molecule has 8 nitrogen and oxygen atoms in total. The largest absolute Gasteiger partial charge is 0.444 e. The number of carbonyl (C=O) groups excluding carboxylic acids is 1. The number of benzene rings is 1. The Bertz CT molecular complexity index is 1460. The molecule has 40 heavy (non-hydrogen) atoms. The minimum absolute atomic E-state index is 0.00721. The second kappa shape index (κ2) is 10.1. The molecule has 0 radical (unpaired) electrons. The molecule has 4 rings (SSSR count). The molecule has 1 aromatic carbocycles. The van der Waals surface area contributed by atoms with E-state index in [1.54, 1.807) is 33.8 Å².